The van der Waals surface area contributed by atoms with Crippen molar-refractivity contribution in [1.29, 1.82) is 0 Å². The fourth-order valence-electron chi connectivity index (χ4n) is 3.99. The van der Waals surface area contributed by atoms with Gasteiger partial charge < -0.3 is 9.32 Å². The van der Waals surface area contributed by atoms with Gasteiger partial charge in [0.15, 0.2) is 11.5 Å². The molecule has 1 aliphatic heterocycles. The van der Waals surface area contributed by atoms with Gasteiger partial charge in [-0.3, -0.25) is 4.79 Å². The molecule has 1 aromatic heterocycles. The highest BCUT2D eigenvalue weighted by atomic mass is 19.1. The number of rotatable bonds is 3. The van der Waals surface area contributed by atoms with Crippen molar-refractivity contribution in [3.8, 4) is 0 Å². The minimum atomic E-state index is -0.301. The summed E-state index contributed by atoms with van der Waals surface area (Å²) >= 11 is 0. The number of hydrogen-bond donors (Lipinski definition) is 0. The third kappa shape index (κ3) is 2.17. The van der Waals surface area contributed by atoms with Gasteiger partial charge in [0.1, 0.15) is 11.3 Å². The number of nitrogens with zero attached hydrogens (tertiary/aromatic N) is 2. The molecule has 1 aromatic carbocycles. The molecule has 0 spiro atoms. The molecule has 1 amide bonds. The Morgan fingerprint density at radius 3 is 2.78 bits per heavy atom. The smallest absolute Gasteiger partial charge is 0.229 e. The van der Waals surface area contributed by atoms with E-state index in [1.54, 1.807) is 6.07 Å². The van der Waals surface area contributed by atoms with Gasteiger partial charge in [-0.2, -0.15) is 0 Å². The molecule has 120 valence electrons. The van der Waals surface area contributed by atoms with E-state index in [-0.39, 0.29) is 11.2 Å². The topological polar surface area (TPSA) is 46.3 Å². The molecule has 2 aliphatic carbocycles. The van der Waals surface area contributed by atoms with Crippen LogP contribution in [0.1, 0.15) is 31.6 Å². The summed E-state index contributed by atoms with van der Waals surface area (Å²) < 4.78 is 18.9. The third-order valence-electron chi connectivity index (χ3n) is 5.87. The Morgan fingerprint density at radius 2 is 2.09 bits per heavy atom. The van der Waals surface area contributed by atoms with Crippen LogP contribution >= 0.6 is 0 Å². The van der Waals surface area contributed by atoms with E-state index < -0.39 is 0 Å². The van der Waals surface area contributed by atoms with Gasteiger partial charge in [0.2, 0.25) is 5.91 Å². The molecule has 3 fully saturated rings. The summed E-state index contributed by atoms with van der Waals surface area (Å²) in [5.74, 6) is 1.98. The number of likely N-dealkylation sites (tertiary alicyclic amines) is 1. The molecular weight excluding hydrogens is 295 g/mol. The lowest BCUT2D eigenvalue weighted by atomic mass is 9.93. The van der Waals surface area contributed by atoms with E-state index in [0.29, 0.717) is 34.7 Å². The molecule has 0 bridgehead atoms. The molecule has 0 radical (unpaired) electrons. The highest BCUT2D eigenvalue weighted by Crippen LogP contribution is 2.76. The van der Waals surface area contributed by atoms with Gasteiger partial charge in [0, 0.05) is 25.6 Å². The number of benzene rings is 1. The summed E-state index contributed by atoms with van der Waals surface area (Å²) in [6.07, 6.45) is 5.03. The SMILES string of the molecule is O=C(N1CCC(Cc2nc3ccc(F)cc3o2)CC1)C12CC1C2. The van der Waals surface area contributed by atoms with Crippen molar-refractivity contribution in [3.63, 3.8) is 0 Å². The number of piperidine rings is 1. The molecule has 0 unspecified atom stereocenters. The van der Waals surface area contributed by atoms with Crippen molar-refractivity contribution in [3.05, 3.63) is 29.9 Å². The first-order chi connectivity index (χ1) is 11.1. The number of halogens is 1. The Bertz CT molecular complexity index is 785. The van der Waals surface area contributed by atoms with Crippen molar-refractivity contribution in [2.75, 3.05) is 13.1 Å². The van der Waals surface area contributed by atoms with Crippen LogP contribution in [0.3, 0.4) is 0 Å². The van der Waals surface area contributed by atoms with Crippen molar-refractivity contribution < 1.29 is 13.6 Å². The predicted octanol–water partition coefficient (Wildman–Crippen LogP) is 3.16. The Morgan fingerprint density at radius 1 is 1.35 bits per heavy atom. The number of fused-ring (bicyclic) bond motifs is 2. The van der Waals surface area contributed by atoms with E-state index in [4.69, 9.17) is 4.42 Å². The van der Waals surface area contributed by atoms with E-state index in [1.165, 1.54) is 12.1 Å². The molecule has 3 aliphatic rings. The summed E-state index contributed by atoms with van der Waals surface area (Å²) in [6.45, 7) is 1.71. The molecule has 1 saturated heterocycles. The number of aromatic nitrogens is 1. The van der Waals surface area contributed by atoms with Gasteiger partial charge in [0.25, 0.3) is 0 Å². The first-order valence-corrected chi connectivity index (χ1v) is 8.48. The lowest BCUT2D eigenvalue weighted by molar-refractivity contribution is -0.136. The molecule has 0 atom stereocenters. The number of hydrogen-bond acceptors (Lipinski definition) is 3. The molecular formula is C18H19FN2O2. The normalized spacial score (nSPS) is 29.6. The standard InChI is InChI=1S/C18H19FN2O2/c19-13-1-2-14-15(8-13)23-16(20-14)7-11-3-5-21(6-4-11)17(22)18-9-12(18)10-18/h1-2,8,11-12H,3-7,9-10H2. The Labute approximate surface area is 133 Å². The zero-order valence-corrected chi connectivity index (χ0v) is 12.9. The van der Waals surface area contributed by atoms with Crippen LogP contribution in [0.4, 0.5) is 4.39 Å². The van der Waals surface area contributed by atoms with Gasteiger partial charge in [-0.15, -0.1) is 0 Å². The van der Waals surface area contributed by atoms with Crippen molar-refractivity contribution >= 4 is 17.0 Å². The first kappa shape index (κ1) is 13.5. The Balaban J connectivity index is 1.22. The third-order valence-corrected chi connectivity index (χ3v) is 5.87. The van der Waals surface area contributed by atoms with Crippen LogP contribution in [0.25, 0.3) is 11.1 Å². The summed E-state index contributed by atoms with van der Waals surface area (Å²) in [5.41, 5.74) is 1.32. The molecule has 23 heavy (non-hydrogen) atoms. The molecule has 0 N–H and O–H groups in total. The highest BCUT2D eigenvalue weighted by Gasteiger charge is 2.75. The van der Waals surface area contributed by atoms with Crippen LogP contribution in [-0.2, 0) is 11.2 Å². The van der Waals surface area contributed by atoms with Crippen LogP contribution in [-0.4, -0.2) is 28.9 Å². The second kappa shape index (κ2) is 4.56. The molecule has 2 aromatic rings. The van der Waals surface area contributed by atoms with Gasteiger partial charge >= 0.3 is 0 Å². The zero-order valence-electron chi connectivity index (χ0n) is 12.9. The molecule has 4 nitrogen and oxygen atoms in total. The minimum absolute atomic E-state index is 0.0944. The molecule has 5 rings (SSSR count). The largest absolute Gasteiger partial charge is 0.441 e. The Kier molecular flexibility index (Phi) is 2.68. The molecule has 5 heteroatoms. The van der Waals surface area contributed by atoms with E-state index in [9.17, 15) is 9.18 Å². The van der Waals surface area contributed by atoms with Gasteiger partial charge in [-0.05, 0) is 49.7 Å². The van der Waals surface area contributed by atoms with E-state index >= 15 is 0 Å². The highest BCUT2D eigenvalue weighted by molar-refractivity contribution is 5.90. The maximum absolute atomic E-state index is 13.2. The molecule has 2 heterocycles. The Hall–Kier alpha value is -1.91. The van der Waals surface area contributed by atoms with Crippen LogP contribution in [0.2, 0.25) is 0 Å². The monoisotopic (exact) mass is 314 g/mol. The van der Waals surface area contributed by atoms with Crippen LogP contribution < -0.4 is 0 Å². The van der Waals surface area contributed by atoms with Crippen molar-refractivity contribution in [2.24, 2.45) is 17.3 Å². The number of amides is 1. The summed E-state index contributed by atoms with van der Waals surface area (Å²) in [7, 11) is 0. The van der Waals surface area contributed by atoms with E-state index in [1.807, 2.05) is 0 Å². The quantitative estimate of drug-likeness (QED) is 0.874. The van der Waals surface area contributed by atoms with E-state index in [0.717, 1.165) is 45.2 Å². The average molecular weight is 314 g/mol. The van der Waals surface area contributed by atoms with Gasteiger partial charge in [0.05, 0.1) is 5.41 Å². The zero-order chi connectivity index (χ0) is 15.6. The lowest BCUT2D eigenvalue weighted by Crippen LogP contribution is -2.41. The van der Waals surface area contributed by atoms with E-state index in [2.05, 4.69) is 9.88 Å². The maximum atomic E-state index is 13.2. The van der Waals surface area contributed by atoms with Gasteiger partial charge in [-0.1, -0.05) is 0 Å². The minimum Gasteiger partial charge on any atom is -0.441 e. The van der Waals surface area contributed by atoms with Crippen molar-refractivity contribution in [1.82, 2.24) is 9.88 Å². The number of carbonyl (C=O) groups is 1. The van der Waals surface area contributed by atoms with Crippen LogP contribution in [0.5, 0.6) is 0 Å². The van der Waals surface area contributed by atoms with Crippen LogP contribution in [0.15, 0.2) is 22.6 Å². The number of oxazole rings is 1. The maximum Gasteiger partial charge on any atom is 0.229 e. The summed E-state index contributed by atoms with van der Waals surface area (Å²) in [4.78, 5) is 18.9. The first-order valence-electron chi connectivity index (χ1n) is 8.48. The van der Waals surface area contributed by atoms with Crippen molar-refractivity contribution in [2.45, 2.75) is 32.1 Å². The second-order valence-electron chi connectivity index (χ2n) is 7.42. The fourth-order valence-corrected chi connectivity index (χ4v) is 3.99. The van der Waals surface area contributed by atoms with Gasteiger partial charge in [-0.25, -0.2) is 9.37 Å². The second-order valence-corrected chi connectivity index (χ2v) is 7.42. The summed E-state index contributed by atoms with van der Waals surface area (Å²) in [5, 5.41) is 0. The predicted molar refractivity (Wildman–Crippen MR) is 82.1 cm³/mol. The summed E-state index contributed by atoms with van der Waals surface area (Å²) in [6, 6.07) is 4.44. The number of carbonyl (C=O) groups excluding carboxylic acids is 1. The average Bonchev–Trinajstić information content (AvgIpc) is 3.37. The molecule has 2 saturated carbocycles. The fraction of sp³-hybridized carbons (Fsp3) is 0.556. The lowest BCUT2D eigenvalue weighted by Gasteiger charge is -2.32. The van der Waals surface area contributed by atoms with Crippen LogP contribution in [0, 0.1) is 23.1 Å².